The van der Waals surface area contributed by atoms with E-state index in [4.69, 9.17) is 10.5 Å². The molecule has 1 unspecified atom stereocenters. The zero-order valence-electron chi connectivity index (χ0n) is 11.5. The molecule has 0 bridgehead atoms. The molecule has 1 atom stereocenters. The summed E-state index contributed by atoms with van der Waals surface area (Å²) in [6, 6.07) is 6.36. The van der Waals surface area contributed by atoms with Gasteiger partial charge in [-0.25, -0.2) is 0 Å². The SMILES string of the molecule is CCCOc1cccc(NC(CC)CSC)c1N. The van der Waals surface area contributed by atoms with Gasteiger partial charge in [0.15, 0.2) is 0 Å². The van der Waals surface area contributed by atoms with Gasteiger partial charge in [-0.05, 0) is 31.2 Å². The van der Waals surface area contributed by atoms with Gasteiger partial charge in [0.05, 0.1) is 18.0 Å². The molecular formula is C14H24N2OS. The number of hydrogen-bond acceptors (Lipinski definition) is 4. The Morgan fingerprint density at radius 3 is 2.78 bits per heavy atom. The summed E-state index contributed by atoms with van der Waals surface area (Å²) in [5.74, 6) is 1.86. The summed E-state index contributed by atoms with van der Waals surface area (Å²) in [6.07, 6.45) is 4.19. The van der Waals surface area contributed by atoms with E-state index < -0.39 is 0 Å². The quantitative estimate of drug-likeness (QED) is 0.707. The van der Waals surface area contributed by atoms with Gasteiger partial charge in [0, 0.05) is 11.8 Å². The predicted molar refractivity (Wildman–Crippen MR) is 82.7 cm³/mol. The van der Waals surface area contributed by atoms with Crippen LogP contribution >= 0.6 is 11.8 Å². The molecule has 3 nitrogen and oxygen atoms in total. The van der Waals surface area contributed by atoms with Gasteiger partial charge in [0.25, 0.3) is 0 Å². The number of nitrogens with one attached hydrogen (secondary N) is 1. The van der Waals surface area contributed by atoms with Crippen LogP contribution in [0.2, 0.25) is 0 Å². The van der Waals surface area contributed by atoms with Crippen molar-refractivity contribution in [1.29, 1.82) is 0 Å². The molecule has 18 heavy (non-hydrogen) atoms. The van der Waals surface area contributed by atoms with Gasteiger partial charge in [0.1, 0.15) is 5.75 Å². The van der Waals surface area contributed by atoms with Crippen molar-refractivity contribution in [3.8, 4) is 5.75 Å². The van der Waals surface area contributed by atoms with Crippen LogP contribution in [0.1, 0.15) is 26.7 Å². The third kappa shape index (κ3) is 4.33. The zero-order valence-corrected chi connectivity index (χ0v) is 12.3. The van der Waals surface area contributed by atoms with E-state index in [1.54, 1.807) is 0 Å². The molecule has 1 aromatic carbocycles. The Labute approximate surface area is 114 Å². The lowest BCUT2D eigenvalue weighted by Crippen LogP contribution is -2.21. The van der Waals surface area contributed by atoms with E-state index in [2.05, 4.69) is 25.4 Å². The first kappa shape index (κ1) is 15.0. The molecule has 0 saturated carbocycles. The third-order valence-electron chi connectivity index (χ3n) is 2.75. The number of benzene rings is 1. The Bertz CT molecular complexity index is 358. The topological polar surface area (TPSA) is 47.3 Å². The Morgan fingerprint density at radius 1 is 1.39 bits per heavy atom. The fourth-order valence-electron chi connectivity index (χ4n) is 1.69. The number of rotatable bonds is 8. The third-order valence-corrected chi connectivity index (χ3v) is 3.48. The number of ether oxygens (including phenoxy) is 1. The van der Waals surface area contributed by atoms with Crippen LogP contribution in [0.25, 0.3) is 0 Å². The lowest BCUT2D eigenvalue weighted by atomic mass is 10.2. The fraction of sp³-hybridized carbons (Fsp3) is 0.571. The number of thioether (sulfide) groups is 1. The first-order valence-corrected chi connectivity index (χ1v) is 7.89. The maximum absolute atomic E-state index is 6.13. The van der Waals surface area contributed by atoms with Crippen LogP contribution in [-0.2, 0) is 0 Å². The van der Waals surface area contributed by atoms with Gasteiger partial charge in [-0.1, -0.05) is 19.9 Å². The smallest absolute Gasteiger partial charge is 0.144 e. The Hall–Kier alpha value is -1.03. The highest BCUT2D eigenvalue weighted by atomic mass is 32.2. The van der Waals surface area contributed by atoms with E-state index in [-0.39, 0.29) is 0 Å². The highest BCUT2D eigenvalue weighted by Gasteiger charge is 2.10. The second-order valence-electron chi connectivity index (χ2n) is 4.27. The average Bonchev–Trinajstić information content (AvgIpc) is 2.39. The molecule has 0 saturated heterocycles. The van der Waals surface area contributed by atoms with Crippen molar-refractivity contribution in [3.05, 3.63) is 18.2 Å². The van der Waals surface area contributed by atoms with Gasteiger partial charge in [-0.3, -0.25) is 0 Å². The van der Waals surface area contributed by atoms with Gasteiger partial charge in [-0.15, -0.1) is 0 Å². The molecule has 0 aliphatic rings. The summed E-state index contributed by atoms with van der Waals surface area (Å²) < 4.78 is 5.63. The minimum Gasteiger partial charge on any atom is -0.491 e. The maximum atomic E-state index is 6.13. The fourth-order valence-corrected chi connectivity index (χ4v) is 2.41. The molecule has 1 aromatic rings. The summed E-state index contributed by atoms with van der Waals surface area (Å²) in [4.78, 5) is 0. The van der Waals surface area contributed by atoms with Crippen molar-refractivity contribution in [3.63, 3.8) is 0 Å². The van der Waals surface area contributed by atoms with Gasteiger partial charge < -0.3 is 15.8 Å². The summed E-state index contributed by atoms with van der Waals surface area (Å²) >= 11 is 1.84. The Morgan fingerprint density at radius 2 is 2.17 bits per heavy atom. The van der Waals surface area contributed by atoms with Crippen molar-refractivity contribution in [2.75, 3.05) is 29.7 Å². The number of nitrogens with two attached hydrogens (primary N) is 1. The maximum Gasteiger partial charge on any atom is 0.144 e. The highest BCUT2D eigenvalue weighted by molar-refractivity contribution is 7.98. The van der Waals surface area contributed by atoms with Gasteiger partial charge >= 0.3 is 0 Å². The first-order chi connectivity index (χ1) is 8.72. The molecule has 102 valence electrons. The minimum atomic E-state index is 0.448. The van der Waals surface area contributed by atoms with E-state index in [1.165, 1.54) is 0 Å². The van der Waals surface area contributed by atoms with Crippen LogP contribution in [0.3, 0.4) is 0 Å². The predicted octanol–water partition coefficient (Wildman–Crippen LogP) is 3.61. The van der Waals surface area contributed by atoms with Crippen molar-refractivity contribution >= 4 is 23.1 Å². The molecule has 3 N–H and O–H groups in total. The van der Waals surface area contributed by atoms with Crippen LogP contribution in [0.5, 0.6) is 5.75 Å². The van der Waals surface area contributed by atoms with Crippen molar-refractivity contribution < 1.29 is 4.74 Å². The molecule has 0 heterocycles. The second-order valence-corrected chi connectivity index (χ2v) is 5.18. The average molecular weight is 268 g/mol. The molecule has 0 aromatic heterocycles. The zero-order chi connectivity index (χ0) is 13.4. The lowest BCUT2D eigenvalue weighted by molar-refractivity contribution is 0.319. The second kappa shape index (κ2) is 8.14. The highest BCUT2D eigenvalue weighted by Crippen LogP contribution is 2.30. The van der Waals surface area contributed by atoms with Crippen molar-refractivity contribution in [2.45, 2.75) is 32.7 Å². The molecule has 0 radical (unpaired) electrons. The summed E-state index contributed by atoms with van der Waals surface area (Å²) in [5.41, 5.74) is 7.82. The number of anilines is 2. The molecule has 0 aliphatic carbocycles. The largest absolute Gasteiger partial charge is 0.491 e. The van der Waals surface area contributed by atoms with E-state index in [1.807, 2.05) is 30.0 Å². The van der Waals surface area contributed by atoms with E-state index >= 15 is 0 Å². The first-order valence-electron chi connectivity index (χ1n) is 6.49. The Balaban J connectivity index is 2.75. The van der Waals surface area contributed by atoms with E-state index in [0.29, 0.717) is 18.3 Å². The summed E-state index contributed by atoms with van der Waals surface area (Å²) in [7, 11) is 0. The molecule has 0 fully saturated rings. The summed E-state index contributed by atoms with van der Waals surface area (Å²) in [5, 5.41) is 3.49. The number of nitrogen functional groups attached to an aromatic ring is 1. The number of hydrogen-bond donors (Lipinski definition) is 2. The molecule has 0 amide bonds. The van der Waals surface area contributed by atoms with Gasteiger partial charge in [-0.2, -0.15) is 11.8 Å². The monoisotopic (exact) mass is 268 g/mol. The van der Waals surface area contributed by atoms with Crippen molar-refractivity contribution in [2.24, 2.45) is 0 Å². The van der Waals surface area contributed by atoms with Crippen LogP contribution in [0, 0.1) is 0 Å². The van der Waals surface area contributed by atoms with Crippen LogP contribution < -0.4 is 15.8 Å². The molecule has 1 rings (SSSR count). The van der Waals surface area contributed by atoms with E-state index in [0.717, 1.165) is 30.0 Å². The lowest BCUT2D eigenvalue weighted by Gasteiger charge is -2.20. The summed E-state index contributed by atoms with van der Waals surface area (Å²) in [6.45, 7) is 4.97. The van der Waals surface area contributed by atoms with Crippen LogP contribution in [0.4, 0.5) is 11.4 Å². The van der Waals surface area contributed by atoms with Crippen LogP contribution in [0.15, 0.2) is 18.2 Å². The molecule has 4 heteroatoms. The van der Waals surface area contributed by atoms with Gasteiger partial charge in [0.2, 0.25) is 0 Å². The minimum absolute atomic E-state index is 0.448. The standard InChI is InChI=1S/C14H24N2OS/c1-4-9-17-13-8-6-7-12(14(13)15)16-11(5-2)10-18-3/h6-8,11,16H,4-5,9-10,15H2,1-3H3. The molecule has 0 aliphatic heterocycles. The Kier molecular flexibility index (Phi) is 6.80. The number of para-hydroxylation sites is 1. The molecular weight excluding hydrogens is 244 g/mol. The molecule has 0 spiro atoms. The normalized spacial score (nSPS) is 12.2. The van der Waals surface area contributed by atoms with E-state index in [9.17, 15) is 0 Å². The van der Waals surface area contributed by atoms with Crippen molar-refractivity contribution in [1.82, 2.24) is 0 Å². The van der Waals surface area contributed by atoms with Crippen LogP contribution in [-0.4, -0.2) is 24.7 Å².